The summed E-state index contributed by atoms with van der Waals surface area (Å²) in [6.45, 7) is 3.71. The molecule has 0 bridgehead atoms. The third-order valence-electron chi connectivity index (χ3n) is 4.25. The average molecular weight is 392 g/mol. The minimum atomic E-state index is -0.576. The van der Waals surface area contributed by atoms with Crippen LogP contribution in [0.5, 0.6) is 0 Å². The number of nitrogens with zero attached hydrogens (tertiary/aromatic N) is 2. The van der Waals surface area contributed by atoms with Gasteiger partial charge >= 0.3 is 0 Å². The number of carbonyl (C=O) groups excluding carboxylic acids is 2. The van der Waals surface area contributed by atoms with E-state index in [0.717, 1.165) is 0 Å². The quantitative estimate of drug-likeness (QED) is 0.651. The first-order chi connectivity index (χ1) is 10.1. The van der Waals surface area contributed by atoms with E-state index >= 15 is 0 Å². The van der Waals surface area contributed by atoms with E-state index in [1.165, 1.54) is 9.80 Å². The van der Waals surface area contributed by atoms with Gasteiger partial charge in [0.1, 0.15) is 21.8 Å². The van der Waals surface area contributed by atoms with Gasteiger partial charge in [-0.05, 0) is 24.7 Å². The Morgan fingerprint density at radius 1 is 0.818 bits per heavy atom. The number of carbonyl (C=O) groups is 2. The molecule has 0 aromatic carbocycles. The van der Waals surface area contributed by atoms with Crippen LogP contribution in [-0.2, 0) is 9.59 Å². The Labute approximate surface area is 152 Å². The van der Waals surface area contributed by atoms with Crippen LogP contribution in [0.3, 0.4) is 0 Å². The largest absolute Gasteiger partial charge is 0.332 e. The predicted molar refractivity (Wildman–Crippen MR) is 91.7 cm³/mol. The molecule has 1 rings (SSSR count). The maximum absolute atomic E-state index is 12.6. The molecule has 22 heavy (non-hydrogen) atoms. The molecule has 1 saturated heterocycles. The summed E-state index contributed by atoms with van der Waals surface area (Å²) in [7, 11) is 3.28. The van der Waals surface area contributed by atoms with Crippen LogP contribution in [0.2, 0.25) is 0 Å². The molecule has 8 heteroatoms. The van der Waals surface area contributed by atoms with Crippen LogP contribution in [0, 0.1) is 11.8 Å². The zero-order chi connectivity index (χ0) is 17.2. The van der Waals surface area contributed by atoms with Gasteiger partial charge in [-0.15, -0.1) is 46.4 Å². The molecular formula is C14H22Cl4N2O2. The van der Waals surface area contributed by atoms with Crippen molar-refractivity contribution in [1.29, 1.82) is 0 Å². The molecular weight excluding hydrogens is 370 g/mol. The van der Waals surface area contributed by atoms with Crippen molar-refractivity contribution < 1.29 is 9.59 Å². The van der Waals surface area contributed by atoms with Crippen molar-refractivity contribution in [3.05, 3.63) is 0 Å². The van der Waals surface area contributed by atoms with Crippen LogP contribution < -0.4 is 0 Å². The number of alkyl halides is 4. The third kappa shape index (κ3) is 4.56. The molecule has 0 N–H and O–H groups in total. The molecule has 0 aromatic heterocycles. The Morgan fingerprint density at radius 2 is 1.09 bits per heavy atom. The van der Waals surface area contributed by atoms with Crippen molar-refractivity contribution in [1.82, 2.24) is 9.80 Å². The number of amides is 2. The lowest BCUT2D eigenvalue weighted by Gasteiger charge is -2.43. The van der Waals surface area contributed by atoms with Crippen molar-refractivity contribution >= 4 is 58.2 Å². The highest BCUT2D eigenvalue weighted by Crippen LogP contribution is 2.29. The fourth-order valence-electron chi connectivity index (χ4n) is 2.54. The second-order valence-electron chi connectivity index (χ2n) is 6.02. The molecule has 0 spiro atoms. The Balaban J connectivity index is 2.88. The lowest BCUT2D eigenvalue weighted by Crippen LogP contribution is -2.63. The monoisotopic (exact) mass is 390 g/mol. The second kappa shape index (κ2) is 8.27. The van der Waals surface area contributed by atoms with Crippen LogP contribution in [0.1, 0.15) is 26.7 Å². The van der Waals surface area contributed by atoms with E-state index in [1.807, 2.05) is 13.8 Å². The zero-order valence-corrected chi connectivity index (χ0v) is 16.1. The highest BCUT2D eigenvalue weighted by Gasteiger charge is 2.43. The summed E-state index contributed by atoms with van der Waals surface area (Å²) in [5.41, 5.74) is 0. The molecule has 1 aliphatic rings. The summed E-state index contributed by atoms with van der Waals surface area (Å²) in [5, 5.41) is 0. The molecule has 4 nitrogen and oxygen atoms in total. The Bertz CT molecular complexity index is 382. The smallest absolute Gasteiger partial charge is 0.245 e. The van der Waals surface area contributed by atoms with Gasteiger partial charge in [0.2, 0.25) is 11.8 Å². The van der Waals surface area contributed by atoms with Crippen molar-refractivity contribution in [3.63, 3.8) is 0 Å². The van der Waals surface area contributed by atoms with Gasteiger partial charge in [-0.3, -0.25) is 9.59 Å². The van der Waals surface area contributed by atoms with Gasteiger partial charge in [-0.1, -0.05) is 13.8 Å². The standard InChI is InChI=1S/C14H22Cl4N2O2/c1-7(11(15)16)5-9-13(21)20(4)10(14(22)19(9)3)6-8(2)12(17)18/h7-12H,5-6H2,1-4H3/t7-,8-,9+,10+/m0/s1. The molecule has 1 heterocycles. The van der Waals surface area contributed by atoms with E-state index in [0.29, 0.717) is 12.8 Å². The van der Waals surface area contributed by atoms with Crippen molar-refractivity contribution in [2.75, 3.05) is 14.1 Å². The molecule has 1 aliphatic heterocycles. The van der Waals surface area contributed by atoms with E-state index in [-0.39, 0.29) is 23.7 Å². The summed E-state index contributed by atoms with van der Waals surface area (Å²) < 4.78 is 0. The van der Waals surface area contributed by atoms with Crippen LogP contribution in [0.15, 0.2) is 0 Å². The van der Waals surface area contributed by atoms with Gasteiger partial charge in [0.15, 0.2) is 0 Å². The summed E-state index contributed by atoms with van der Waals surface area (Å²) in [4.78, 5) is 27.0. The van der Waals surface area contributed by atoms with Gasteiger partial charge in [0, 0.05) is 14.1 Å². The highest BCUT2D eigenvalue weighted by atomic mass is 35.5. The summed E-state index contributed by atoms with van der Waals surface area (Å²) in [6.07, 6.45) is 0.859. The second-order valence-corrected chi connectivity index (χ2v) is 8.35. The van der Waals surface area contributed by atoms with Crippen molar-refractivity contribution in [2.45, 2.75) is 48.4 Å². The van der Waals surface area contributed by atoms with Crippen LogP contribution in [0.25, 0.3) is 0 Å². The van der Waals surface area contributed by atoms with Crippen molar-refractivity contribution in [2.24, 2.45) is 11.8 Å². The number of rotatable bonds is 6. The molecule has 4 atom stereocenters. The number of hydrogen-bond donors (Lipinski definition) is 0. The van der Waals surface area contributed by atoms with E-state index in [2.05, 4.69) is 0 Å². The minimum Gasteiger partial charge on any atom is -0.332 e. The summed E-state index contributed by atoms with van der Waals surface area (Å²) in [6, 6.07) is -1.08. The SMILES string of the molecule is C[C@@H](C[C@@H]1C(=O)N(C)[C@H](C[C@H](C)C(Cl)Cl)C(=O)N1C)C(Cl)Cl. The molecule has 2 amide bonds. The fraction of sp³-hybridized carbons (Fsp3) is 0.857. The van der Waals surface area contributed by atoms with Crippen molar-refractivity contribution in [3.8, 4) is 0 Å². The van der Waals surface area contributed by atoms with E-state index in [9.17, 15) is 9.59 Å². The van der Waals surface area contributed by atoms with E-state index in [4.69, 9.17) is 46.4 Å². The summed E-state index contributed by atoms with van der Waals surface area (Å²) in [5.74, 6) is -0.403. The van der Waals surface area contributed by atoms with E-state index in [1.54, 1.807) is 14.1 Å². The molecule has 1 fully saturated rings. The number of piperazine rings is 1. The minimum absolute atomic E-state index is 0.0912. The number of halogens is 4. The van der Waals surface area contributed by atoms with Gasteiger partial charge in [-0.2, -0.15) is 0 Å². The van der Waals surface area contributed by atoms with Crippen LogP contribution in [-0.4, -0.2) is 57.5 Å². The maximum atomic E-state index is 12.6. The highest BCUT2D eigenvalue weighted by molar-refractivity contribution is 6.44. The molecule has 0 aromatic rings. The fourth-order valence-corrected chi connectivity index (χ4v) is 2.95. The normalized spacial score (nSPS) is 26.1. The first kappa shape index (κ1) is 20.1. The third-order valence-corrected chi connectivity index (χ3v) is 5.97. The Morgan fingerprint density at radius 3 is 1.32 bits per heavy atom. The molecule has 0 aliphatic carbocycles. The topological polar surface area (TPSA) is 40.6 Å². The van der Waals surface area contributed by atoms with Crippen LogP contribution in [0.4, 0.5) is 0 Å². The first-order valence-corrected chi connectivity index (χ1v) is 8.92. The maximum Gasteiger partial charge on any atom is 0.245 e. The lowest BCUT2D eigenvalue weighted by molar-refractivity contribution is -0.159. The number of hydrogen-bond acceptors (Lipinski definition) is 2. The van der Waals surface area contributed by atoms with Gasteiger partial charge in [0.25, 0.3) is 0 Å². The Kier molecular flexibility index (Phi) is 7.58. The zero-order valence-electron chi connectivity index (χ0n) is 13.1. The average Bonchev–Trinajstić information content (AvgIpc) is 2.45. The first-order valence-electron chi connectivity index (χ1n) is 7.17. The lowest BCUT2D eigenvalue weighted by atomic mass is 9.93. The molecule has 0 radical (unpaired) electrons. The summed E-state index contributed by atoms with van der Waals surface area (Å²) >= 11 is 23.4. The van der Waals surface area contributed by atoms with E-state index < -0.39 is 21.8 Å². The van der Waals surface area contributed by atoms with Gasteiger partial charge in [-0.25, -0.2) is 0 Å². The predicted octanol–water partition coefficient (Wildman–Crippen LogP) is 3.31. The molecule has 0 saturated carbocycles. The van der Waals surface area contributed by atoms with Gasteiger partial charge in [0.05, 0.1) is 0 Å². The molecule has 0 unspecified atom stereocenters. The van der Waals surface area contributed by atoms with Gasteiger partial charge < -0.3 is 9.80 Å². The number of likely N-dealkylation sites (N-methyl/N-ethyl adjacent to an activating group) is 2. The Hall–Kier alpha value is 0.1000. The van der Waals surface area contributed by atoms with Crippen LogP contribution >= 0.6 is 46.4 Å². The molecule has 128 valence electrons.